The molecule has 3 nitrogen and oxygen atoms in total. The Balaban J connectivity index is 2.20. The highest BCUT2D eigenvalue weighted by atomic mass is 35.5. The monoisotopic (exact) mass is 293 g/mol. The predicted molar refractivity (Wildman–Crippen MR) is 75.1 cm³/mol. The van der Waals surface area contributed by atoms with Crippen LogP contribution in [0.3, 0.4) is 0 Å². The van der Waals surface area contributed by atoms with Crippen molar-refractivity contribution in [1.29, 1.82) is 0 Å². The van der Waals surface area contributed by atoms with Gasteiger partial charge >= 0.3 is 0 Å². The second-order valence-electron chi connectivity index (χ2n) is 4.22. The van der Waals surface area contributed by atoms with Gasteiger partial charge in [0.25, 0.3) is 5.91 Å². The molecule has 1 amide bonds. The molecule has 2 aromatic rings. The number of carbonyl (C=O) groups excluding carboxylic acids is 1. The summed E-state index contributed by atoms with van der Waals surface area (Å²) < 4.78 is 13.3. The summed E-state index contributed by atoms with van der Waals surface area (Å²) in [5.74, 6) is -1.18. The molecule has 104 valence electrons. The van der Waals surface area contributed by atoms with Crippen LogP contribution >= 0.6 is 11.6 Å². The van der Waals surface area contributed by atoms with E-state index in [0.29, 0.717) is 0 Å². The highest BCUT2D eigenvalue weighted by Gasteiger charge is 2.18. The molecule has 2 rings (SSSR count). The van der Waals surface area contributed by atoms with Gasteiger partial charge in [-0.3, -0.25) is 4.79 Å². The van der Waals surface area contributed by atoms with Crippen LogP contribution in [0.15, 0.2) is 48.5 Å². The third kappa shape index (κ3) is 3.15. The number of benzene rings is 2. The van der Waals surface area contributed by atoms with Crippen molar-refractivity contribution < 1.29 is 14.3 Å². The van der Waals surface area contributed by atoms with E-state index in [0.717, 1.165) is 5.56 Å². The summed E-state index contributed by atoms with van der Waals surface area (Å²) in [5.41, 5.74) is 0.803. The van der Waals surface area contributed by atoms with Gasteiger partial charge < -0.3 is 10.4 Å². The average Bonchev–Trinajstić information content (AvgIpc) is 2.48. The first kappa shape index (κ1) is 14.5. The minimum Gasteiger partial charge on any atom is -0.394 e. The lowest BCUT2D eigenvalue weighted by atomic mass is 10.1. The maximum absolute atomic E-state index is 13.3. The number of hydrogen-bond acceptors (Lipinski definition) is 2. The van der Waals surface area contributed by atoms with Crippen molar-refractivity contribution in [3.8, 4) is 0 Å². The summed E-state index contributed by atoms with van der Waals surface area (Å²) >= 11 is 5.76. The summed E-state index contributed by atoms with van der Waals surface area (Å²) in [6.07, 6.45) is 0. The Morgan fingerprint density at radius 2 is 1.90 bits per heavy atom. The van der Waals surface area contributed by atoms with E-state index < -0.39 is 17.8 Å². The van der Waals surface area contributed by atoms with Crippen molar-refractivity contribution >= 4 is 17.5 Å². The lowest BCUT2D eigenvalue weighted by Gasteiger charge is -2.17. The van der Waals surface area contributed by atoms with Gasteiger partial charge in [-0.15, -0.1) is 0 Å². The molecule has 1 atom stereocenters. The fourth-order valence-corrected chi connectivity index (χ4v) is 2.05. The smallest absolute Gasteiger partial charge is 0.253 e. The van der Waals surface area contributed by atoms with E-state index in [9.17, 15) is 14.3 Å². The predicted octanol–water partition coefficient (Wildman–Crippen LogP) is 2.94. The topological polar surface area (TPSA) is 49.3 Å². The zero-order chi connectivity index (χ0) is 14.5. The molecule has 0 radical (unpaired) electrons. The molecule has 2 N–H and O–H groups in total. The summed E-state index contributed by atoms with van der Waals surface area (Å²) in [6.45, 7) is -0.261. The molecule has 0 saturated heterocycles. The first-order valence-corrected chi connectivity index (χ1v) is 6.42. The molecule has 0 fully saturated rings. The summed E-state index contributed by atoms with van der Waals surface area (Å²) in [5, 5.41) is 11.8. The number of carbonyl (C=O) groups is 1. The number of rotatable bonds is 4. The molecular weight excluding hydrogens is 281 g/mol. The summed E-state index contributed by atoms with van der Waals surface area (Å²) in [7, 11) is 0. The van der Waals surface area contributed by atoms with E-state index in [1.165, 1.54) is 18.2 Å². The van der Waals surface area contributed by atoms with E-state index in [1.807, 2.05) is 6.07 Å². The van der Waals surface area contributed by atoms with Gasteiger partial charge in [-0.1, -0.05) is 48.0 Å². The molecule has 5 heteroatoms. The van der Waals surface area contributed by atoms with Gasteiger partial charge in [0.2, 0.25) is 0 Å². The van der Waals surface area contributed by atoms with Crippen LogP contribution in [0.25, 0.3) is 0 Å². The molecule has 0 bridgehead atoms. The van der Waals surface area contributed by atoms with Crippen LogP contribution < -0.4 is 5.32 Å². The second-order valence-corrected chi connectivity index (χ2v) is 4.60. The highest BCUT2D eigenvalue weighted by molar-refractivity contribution is 6.34. The molecule has 0 saturated carbocycles. The lowest BCUT2D eigenvalue weighted by Crippen LogP contribution is -2.31. The van der Waals surface area contributed by atoms with E-state index in [-0.39, 0.29) is 17.2 Å². The minimum absolute atomic E-state index is 0.0426. The SMILES string of the molecule is O=C(N[C@@H](CO)c1ccccc1)c1cccc(F)c1Cl. The van der Waals surface area contributed by atoms with E-state index in [2.05, 4.69) is 5.32 Å². The van der Waals surface area contributed by atoms with Crippen molar-refractivity contribution in [2.24, 2.45) is 0 Å². The Kier molecular flexibility index (Phi) is 4.71. The maximum Gasteiger partial charge on any atom is 0.253 e. The van der Waals surface area contributed by atoms with Crippen molar-refractivity contribution in [1.82, 2.24) is 5.32 Å². The molecular formula is C15H13ClFNO2. The van der Waals surface area contributed by atoms with Crippen molar-refractivity contribution in [3.05, 3.63) is 70.5 Å². The van der Waals surface area contributed by atoms with Crippen LogP contribution in [-0.2, 0) is 0 Å². The third-order valence-corrected chi connectivity index (χ3v) is 3.27. The molecule has 0 aliphatic heterocycles. The number of hydrogen-bond donors (Lipinski definition) is 2. The molecule has 0 unspecified atom stereocenters. The Hall–Kier alpha value is -1.91. The molecule has 0 aliphatic carbocycles. The van der Waals surface area contributed by atoms with Crippen LogP contribution in [0.2, 0.25) is 5.02 Å². The molecule has 0 heterocycles. The Morgan fingerprint density at radius 3 is 2.55 bits per heavy atom. The maximum atomic E-state index is 13.3. The quantitative estimate of drug-likeness (QED) is 0.910. The van der Waals surface area contributed by atoms with E-state index >= 15 is 0 Å². The van der Waals surface area contributed by atoms with Crippen LogP contribution in [0.4, 0.5) is 4.39 Å². The van der Waals surface area contributed by atoms with Crippen LogP contribution in [-0.4, -0.2) is 17.6 Å². The Labute approximate surface area is 121 Å². The Bertz CT molecular complexity index is 604. The van der Waals surface area contributed by atoms with Gasteiger partial charge in [-0.25, -0.2) is 4.39 Å². The van der Waals surface area contributed by atoms with Crippen LogP contribution in [0.1, 0.15) is 22.0 Å². The Morgan fingerprint density at radius 1 is 1.20 bits per heavy atom. The number of nitrogens with one attached hydrogen (secondary N) is 1. The standard InChI is InChI=1S/C15H13ClFNO2/c16-14-11(7-4-8-12(14)17)15(20)18-13(9-19)10-5-2-1-3-6-10/h1-8,13,19H,9H2,(H,18,20)/t13-/m0/s1. The molecule has 0 aromatic heterocycles. The van der Waals surface area contributed by atoms with Crippen LogP contribution in [0, 0.1) is 5.82 Å². The van der Waals surface area contributed by atoms with Crippen molar-refractivity contribution in [2.45, 2.75) is 6.04 Å². The van der Waals surface area contributed by atoms with Gasteiger partial charge in [0.05, 0.1) is 23.2 Å². The highest BCUT2D eigenvalue weighted by Crippen LogP contribution is 2.21. The molecule has 2 aromatic carbocycles. The summed E-state index contributed by atoms with van der Waals surface area (Å²) in [4.78, 5) is 12.1. The average molecular weight is 294 g/mol. The fraction of sp³-hybridized carbons (Fsp3) is 0.133. The van der Waals surface area contributed by atoms with Gasteiger partial charge in [-0.2, -0.15) is 0 Å². The molecule has 20 heavy (non-hydrogen) atoms. The zero-order valence-electron chi connectivity index (χ0n) is 10.5. The second kappa shape index (κ2) is 6.50. The van der Waals surface area contributed by atoms with Crippen molar-refractivity contribution in [3.63, 3.8) is 0 Å². The zero-order valence-corrected chi connectivity index (χ0v) is 11.3. The van der Waals surface area contributed by atoms with Crippen molar-refractivity contribution in [2.75, 3.05) is 6.61 Å². The van der Waals surface area contributed by atoms with Gasteiger partial charge in [0.1, 0.15) is 5.82 Å². The van der Waals surface area contributed by atoms with Gasteiger partial charge in [0.15, 0.2) is 0 Å². The lowest BCUT2D eigenvalue weighted by molar-refractivity contribution is 0.0916. The first-order chi connectivity index (χ1) is 9.63. The van der Waals surface area contributed by atoms with E-state index in [1.54, 1.807) is 24.3 Å². The third-order valence-electron chi connectivity index (χ3n) is 2.89. The normalized spacial score (nSPS) is 11.9. The number of halogens is 2. The fourth-order valence-electron chi connectivity index (χ4n) is 1.83. The number of aliphatic hydroxyl groups excluding tert-OH is 1. The summed E-state index contributed by atoms with van der Waals surface area (Å²) in [6, 6.07) is 12.5. The van der Waals surface area contributed by atoms with Gasteiger partial charge in [0, 0.05) is 0 Å². The molecule has 0 spiro atoms. The first-order valence-electron chi connectivity index (χ1n) is 6.04. The van der Waals surface area contributed by atoms with Crippen LogP contribution in [0.5, 0.6) is 0 Å². The number of amides is 1. The minimum atomic E-state index is -0.653. The number of aliphatic hydroxyl groups is 1. The largest absolute Gasteiger partial charge is 0.394 e. The van der Waals surface area contributed by atoms with Gasteiger partial charge in [-0.05, 0) is 17.7 Å². The van der Waals surface area contributed by atoms with E-state index in [4.69, 9.17) is 11.6 Å². The molecule has 0 aliphatic rings.